The Balaban J connectivity index is 2.22. The van der Waals surface area contributed by atoms with Crippen LogP contribution in [0.3, 0.4) is 0 Å². The highest BCUT2D eigenvalue weighted by Crippen LogP contribution is 2.42. The van der Waals surface area contributed by atoms with E-state index in [1.807, 2.05) is 18.4 Å². The monoisotopic (exact) mass is 196 g/mol. The third-order valence-corrected chi connectivity index (χ3v) is 3.59. The maximum absolute atomic E-state index is 4.69. The number of aromatic nitrogens is 1. The van der Waals surface area contributed by atoms with Gasteiger partial charge in [-0.3, -0.25) is 0 Å². The molecule has 3 heteroatoms. The summed E-state index contributed by atoms with van der Waals surface area (Å²) in [5.74, 6) is 0.792. The predicted molar refractivity (Wildman–Crippen MR) is 56.2 cm³/mol. The molecule has 1 fully saturated rings. The van der Waals surface area contributed by atoms with Gasteiger partial charge in [0.25, 0.3) is 0 Å². The molecule has 0 radical (unpaired) electrons. The SMILES string of the molecule is CCc1nc(C2CC2)c(CNC)s1. The maximum Gasteiger partial charge on any atom is 0.0929 e. The first kappa shape index (κ1) is 9.16. The van der Waals surface area contributed by atoms with Crippen molar-refractivity contribution in [1.82, 2.24) is 10.3 Å². The van der Waals surface area contributed by atoms with Gasteiger partial charge < -0.3 is 5.32 Å². The van der Waals surface area contributed by atoms with E-state index in [1.54, 1.807) is 0 Å². The highest BCUT2D eigenvalue weighted by atomic mass is 32.1. The van der Waals surface area contributed by atoms with E-state index in [0.29, 0.717) is 0 Å². The Morgan fingerprint density at radius 1 is 1.54 bits per heavy atom. The van der Waals surface area contributed by atoms with Crippen LogP contribution in [0.15, 0.2) is 0 Å². The van der Waals surface area contributed by atoms with E-state index in [0.717, 1.165) is 18.9 Å². The van der Waals surface area contributed by atoms with Crippen LogP contribution in [0.2, 0.25) is 0 Å². The molecule has 0 atom stereocenters. The molecule has 0 saturated heterocycles. The van der Waals surface area contributed by atoms with E-state index in [-0.39, 0.29) is 0 Å². The topological polar surface area (TPSA) is 24.9 Å². The first-order valence-corrected chi connectivity index (χ1v) is 5.79. The Morgan fingerprint density at radius 2 is 2.31 bits per heavy atom. The Labute approximate surface area is 83.4 Å². The predicted octanol–water partition coefficient (Wildman–Crippen LogP) is 2.30. The summed E-state index contributed by atoms with van der Waals surface area (Å²) in [5.41, 5.74) is 1.39. The summed E-state index contributed by atoms with van der Waals surface area (Å²) in [7, 11) is 2.00. The fourth-order valence-electron chi connectivity index (χ4n) is 1.53. The van der Waals surface area contributed by atoms with E-state index in [2.05, 4.69) is 17.2 Å². The summed E-state index contributed by atoms with van der Waals surface area (Å²) < 4.78 is 0. The van der Waals surface area contributed by atoms with Gasteiger partial charge in [-0.15, -0.1) is 11.3 Å². The Kier molecular flexibility index (Phi) is 2.65. The molecule has 0 unspecified atom stereocenters. The van der Waals surface area contributed by atoms with Crippen LogP contribution in [-0.4, -0.2) is 12.0 Å². The van der Waals surface area contributed by atoms with Crippen molar-refractivity contribution in [3.05, 3.63) is 15.6 Å². The van der Waals surface area contributed by atoms with E-state index in [4.69, 9.17) is 0 Å². The van der Waals surface area contributed by atoms with Gasteiger partial charge in [0.05, 0.1) is 10.7 Å². The third-order valence-electron chi connectivity index (χ3n) is 2.38. The van der Waals surface area contributed by atoms with Crippen LogP contribution in [-0.2, 0) is 13.0 Å². The molecule has 0 aliphatic heterocycles. The average Bonchev–Trinajstić information content (AvgIpc) is 2.89. The van der Waals surface area contributed by atoms with Gasteiger partial charge in [0.2, 0.25) is 0 Å². The summed E-state index contributed by atoms with van der Waals surface area (Å²) in [5, 5.41) is 4.51. The number of thiazole rings is 1. The molecule has 1 aromatic rings. The van der Waals surface area contributed by atoms with Crippen LogP contribution >= 0.6 is 11.3 Å². The van der Waals surface area contributed by atoms with E-state index in [9.17, 15) is 0 Å². The smallest absolute Gasteiger partial charge is 0.0929 e. The van der Waals surface area contributed by atoms with Gasteiger partial charge in [-0.2, -0.15) is 0 Å². The summed E-state index contributed by atoms with van der Waals surface area (Å²) >= 11 is 1.88. The first-order chi connectivity index (χ1) is 6.35. The van der Waals surface area contributed by atoms with Crippen molar-refractivity contribution in [2.24, 2.45) is 0 Å². The van der Waals surface area contributed by atoms with Crippen molar-refractivity contribution in [2.45, 2.75) is 38.6 Å². The third kappa shape index (κ3) is 1.92. The lowest BCUT2D eigenvalue weighted by molar-refractivity contribution is 0.811. The standard InChI is InChI=1S/C10H16N2S/c1-3-9-12-10(7-4-5-7)8(13-9)6-11-2/h7,11H,3-6H2,1-2H3. The summed E-state index contributed by atoms with van der Waals surface area (Å²) in [4.78, 5) is 6.15. The first-order valence-electron chi connectivity index (χ1n) is 4.98. The van der Waals surface area contributed by atoms with Crippen molar-refractivity contribution in [1.29, 1.82) is 0 Å². The zero-order valence-electron chi connectivity index (χ0n) is 8.26. The fraction of sp³-hybridized carbons (Fsp3) is 0.700. The van der Waals surface area contributed by atoms with E-state index < -0.39 is 0 Å². The fourth-order valence-corrected chi connectivity index (χ4v) is 2.63. The Morgan fingerprint density at radius 3 is 2.85 bits per heavy atom. The summed E-state index contributed by atoms with van der Waals surface area (Å²) in [6.45, 7) is 3.17. The quantitative estimate of drug-likeness (QED) is 0.799. The summed E-state index contributed by atoms with van der Waals surface area (Å²) in [6.07, 6.45) is 3.78. The molecule has 1 aromatic heterocycles. The molecule has 0 aromatic carbocycles. The molecule has 1 aliphatic rings. The summed E-state index contributed by atoms with van der Waals surface area (Å²) in [6, 6.07) is 0. The second kappa shape index (κ2) is 3.76. The lowest BCUT2D eigenvalue weighted by Crippen LogP contribution is -2.05. The molecule has 13 heavy (non-hydrogen) atoms. The molecule has 0 spiro atoms. The molecular formula is C10H16N2S. The van der Waals surface area contributed by atoms with Gasteiger partial charge in [0, 0.05) is 17.3 Å². The minimum Gasteiger partial charge on any atom is -0.315 e. The van der Waals surface area contributed by atoms with Crippen molar-refractivity contribution in [2.75, 3.05) is 7.05 Å². The Bertz CT molecular complexity index is 289. The minimum atomic E-state index is 0.792. The lowest BCUT2D eigenvalue weighted by atomic mass is 10.2. The second-order valence-electron chi connectivity index (χ2n) is 3.57. The van der Waals surface area contributed by atoms with Crippen LogP contribution in [0.5, 0.6) is 0 Å². The molecule has 2 rings (SSSR count). The van der Waals surface area contributed by atoms with Crippen molar-refractivity contribution in [3.8, 4) is 0 Å². The molecule has 1 N–H and O–H groups in total. The molecule has 72 valence electrons. The van der Waals surface area contributed by atoms with E-state index in [1.165, 1.54) is 28.4 Å². The van der Waals surface area contributed by atoms with Gasteiger partial charge in [-0.1, -0.05) is 6.92 Å². The van der Waals surface area contributed by atoms with Crippen LogP contribution in [0.25, 0.3) is 0 Å². The van der Waals surface area contributed by atoms with Crippen LogP contribution in [0, 0.1) is 0 Å². The van der Waals surface area contributed by atoms with Gasteiger partial charge in [0.1, 0.15) is 0 Å². The molecule has 1 aliphatic carbocycles. The van der Waals surface area contributed by atoms with Crippen molar-refractivity contribution < 1.29 is 0 Å². The zero-order valence-corrected chi connectivity index (χ0v) is 9.08. The molecule has 2 nitrogen and oxygen atoms in total. The van der Waals surface area contributed by atoms with Gasteiger partial charge >= 0.3 is 0 Å². The highest BCUT2D eigenvalue weighted by molar-refractivity contribution is 7.11. The number of nitrogens with one attached hydrogen (secondary N) is 1. The molecule has 1 saturated carbocycles. The van der Waals surface area contributed by atoms with Crippen LogP contribution < -0.4 is 5.32 Å². The molecule has 1 heterocycles. The minimum absolute atomic E-state index is 0.792. The number of hydrogen-bond donors (Lipinski definition) is 1. The molecule has 0 amide bonds. The number of hydrogen-bond acceptors (Lipinski definition) is 3. The van der Waals surface area contributed by atoms with Crippen molar-refractivity contribution >= 4 is 11.3 Å². The van der Waals surface area contributed by atoms with Crippen molar-refractivity contribution in [3.63, 3.8) is 0 Å². The Hall–Kier alpha value is -0.410. The molecular weight excluding hydrogens is 180 g/mol. The second-order valence-corrected chi connectivity index (χ2v) is 4.74. The van der Waals surface area contributed by atoms with E-state index >= 15 is 0 Å². The normalized spacial score (nSPS) is 16.5. The van der Waals surface area contributed by atoms with Gasteiger partial charge in [-0.25, -0.2) is 4.98 Å². The van der Waals surface area contributed by atoms with Gasteiger partial charge in [-0.05, 0) is 26.3 Å². The maximum atomic E-state index is 4.69. The van der Waals surface area contributed by atoms with Gasteiger partial charge in [0.15, 0.2) is 0 Å². The number of rotatable bonds is 4. The zero-order chi connectivity index (χ0) is 9.26. The molecule has 0 bridgehead atoms. The highest BCUT2D eigenvalue weighted by Gasteiger charge is 2.28. The largest absolute Gasteiger partial charge is 0.315 e. The van der Waals surface area contributed by atoms with Crippen LogP contribution in [0.1, 0.15) is 41.3 Å². The average molecular weight is 196 g/mol. The number of aryl methyl sites for hydroxylation is 1. The number of nitrogens with zero attached hydrogens (tertiary/aromatic N) is 1. The lowest BCUT2D eigenvalue weighted by Gasteiger charge is -1.97. The van der Waals surface area contributed by atoms with Crippen LogP contribution in [0.4, 0.5) is 0 Å².